The van der Waals surface area contributed by atoms with Gasteiger partial charge in [0.1, 0.15) is 0 Å². The van der Waals surface area contributed by atoms with E-state index < -0.39 is 0 Å². The van der Waals surface area contributed by atoms with E-state index in [2.05, 4.69) is 48.5 Å². The summed E-state index contributed by atoms with van der Waals surface area (Å²) in [5.74, 6) is 0.320. The van der Waals surface area contributed by atoms with Gasteiger partial charge in [-0.05, 0) is 60.4 Å². The normalized spacial score (nSPS) is 11.0. The third kappa shape index (κ3) is 4.54. The van der Waals surface area contributed by atoms with Crippen molar-refractivity contribution in [1.29, 1.82) is 0 Å². The summed E-state index contributed by atoms with van der Waals surface area (Å²) in [6, 6.07) is 6.30. The fourth-order valence-corrected chi connectivity index (χ4v) is 2.88. The highest BCUT2D eigenvalue weighted by molar-refractivity contribution is 7.99. The lowest BCUT2D eigenvalue weighted by Crippen LogP contribution is -2.35. The predicted octanol–water partition coefficient (Wildman–Crippen LogP) is 2.68. The van der Waals surface area contributed by atoms with Crippen LogP contribution < -0.4 is 5.32 Å². The lowest BCUT2D eigenvalue weighted by Gasteiger charge is -2.14. The summed E-state index contributed by atoms with van der Waals surface area (Å²) in [7, 11) is 0. The first-order valence-corrected chi connectivity index (χ1v) is 8.81. The summed E-state index contributed by atoms with van der Waals surface area (Å²) in [6.45, 7) is 8.26. The van der Waals surface area contributed by atoms with Crippen LogP contribution in [-0.4, -0.2) is 37.9 Å². The van der Waals surface area contributed by atoms with E-state index >= 15 is 0 Å². The first-order valence-electron chi connectivity index (χ1n) is 7.83. The van der Waals surface area contributed by atoms with Crippen LogP contribution in [0.4, 0.5) is 0 Å². The minimum atomic E-state index is 0.0123. The van der Waals surface area contributed by atoms with Crippen LogP contribution in [0.1, 0.15) is 37.8 Å². The molecule has 1 heterocycles. The van der Waals surface area contributed by atoms with E-state index in [1.54, 1.807) is 4.68 Å². The molecule has 0 aliphatic heterocycles. The van der Waals surface area contributed by atoms with E-state index in [1.165, 1.54) is 22.9 Å². The molecule has 0 spiro atoms. The Morgan fingerprint density at radius 3 is 2.65 bits per heavy atom. The van der Waals surface area contributed by atoms with Crippen molar-refractivity contribution in [2.45, 2.75) is 51.7 Å². The van der Waals surface area contributed by atoms with Crippen LogP contribution in [0.3, 0.4) is 0 Å². The lowest BCUT2D eigenvalue weighted by molar-refractivity contribution is -0.119. The molecule has 0 aliphatic carbocycles. The van der Waals surface area contributed by atoms with Crippen LogP contribution in [0.25, 0.3) is 5.69 Å². The van der Waals surface area contributed by atoms with E-state index in [1.807, 2.05) is 18.2 Å². The second kappa shape index (κ2) is 8.10. The highest BCUT2D eigenvalue weighted by atomic mass is 32.2. The largest absolute Gasteiger partial charge is 0.353 e. The van der Waals surface area contributed by atoms with Crippen molar-refractivity contribution in [3.8, 4) is 5.69 Å². The number of aromatic nitrogens is 4. The van der Waals surface area contributed by atoms with Crippen LogP contribution in [0, 0.1) is 13.8 Å². The molecule has 1 aromatic carbocycles. The molecule has 2 rings (SSSR count). The Morgan fingerprint density at radius 1 is 1.26 bits per heavy atom. The van der Waals surface area contributed by atoms with Gasteiger partial charge in [-0.2, -0.15) is 4.68 Å². The summed E-state index contributed by atoms with van der Waals surface area (Å²) in [5.41, 5.74) is 3.31. The van der Waals surface area contributed by atoms with Crippen LogP contribution >= 0.6 is 11.8 Å². The van der Waals surface area contributed by atoms with Crippen molar-refractivity contribution in [2.75, 3.05) is 5.75 Å². The summed E-state index contributed by atoms with van der Waals surface area (Å²) >= 11 is 1.34. The highest BCUT2D eigenvalue weighted by Crippen LogP contribution is 2.20. The summed E-state index contributed by atoms with van der Waals surface area (Å²) in [5, 5.41) is 15.4. The minimum Gasteiger partial charge on any atom is -0.353 e. The molecule has 0 aliphatic rings. The molecule has 0 unspecified atom stereocenters. The highest BCUT2D eigenvalue weighted by Gasteiger charge is 2.13. The number of carbonyl (C=O) groups is 1. The molecule has 6 nitrogen and oxygen atoms in total. The quantitative estimate of drug-likeness (QED) is 0.789. The van der Waals surface area contributed by atoms with E-state index in [9.17, 15) is 4.79 Å². The van der Waals surface area contributed by atoms with Crippen LogP contribution in [0.2, 0.25) is 0 Å². The molecule has 0 atom stereocenters. The number of aryl methyl sites for hydroxylation is 2. The van der Waals surface area contributed by atoms with Gasteiger partial charge in [0.05, 0.1) is 11.4 Å². The third-order valence-electron chi connectivity index (χ3n) is 3.86. The van der Waals surface area contributed by atoms with Gasteiger partial charge < -0.3 is 5.32 Å². The number of nitrogens with one attached hydrogen (secondary N) is 1. The average Bonchev–Trinajstić information content (AvgIpc) is 3.01. The van der Waals surface area contributed by atoms with Gasteiger partial charge in [-0.15, -0.1) is 5.10 Å². The Bertz CT molecular complexity index is 666. The first-order chi connectivity index (χ1) is 11.0. The number of nitrogens with zero attached hydrogens (tertiary/aromatic N) is 4. The molecule has 2 aromatic rings. The Balaban J connectivity index is 2.04. The lowest BCUT2D eigenvalue weighted by atomic mass is 10.1. The molecule has 0 saturated carbocycles. The summed E-state index contributed by atoms with van der Waals surface area (Å²) in [4.78, 5) is 12.0. The van der Waals surface area contributed by atoms with Crippen molar-refractivity contribution in [3.63, 3.8) is 0 Å². The first kappa shape index (κ1) is 17.5. The average molecular weight is 333 g/mol. The maximum absolute atomic E-state index is 12.0. The van der Waals surface area contributed by atoms with Gasteiger partial charge in [-0.3, -0.25) is 4.79 Å². The van der Waals surface area contributed by atoms with Crippen molar-refractivity contribution in [3.05, 3.63) is 29.3 Å². The number of hydrogen-bond acceptors (Lipinski definition) is 5. The maximum atomic E-state index is 12.0. The SMILES string of the molecule is CCC(CC)NC(=O)CSc1nnnn1-c1ccc(C)c(C)c1. The molecular formula is C16H23N5OS. The van der Waals surface area contributed by atoms with Gasteiger partial charge in [0.25, 0.3) is 0 Å². The monoisotopic (exact) mass is 333 g/mol. The molecule has 7 heteroatoms. The number of amides is 1. The van der Waals surface area contributed by atoms with E-state index in [-0.39, 0.29) is 11.9 Å². The van der Waals surface area contributed by atoms with Gasteiger partial charge in [0, 0.05) is 6.04 Å². The van der Waals surface area contributed by atoms with Gasteiger partial charge in [-0.1, -0.05) is 31.7 Å². The fraction of sp³-hybridized carbons (Fsp3) is 0.500. The Labute approximate surface area is 141 Å². The number of rotatable bonds is 7. The van der Waals surface area contributed by atoms with Gasteiger partial charge in [0.2, 0.25) is 11.1 Å². The number of thioether (sulfide) groups is 1. The second-order valence-corrected chi connectivity index (χ2v) is 6.45. The molecule has 0 saturated heterocycles. The smallest absolute Gasteiger partial charge is 0.230 e. The molecule has 23 heavy (non-hydrogen) atoms. The molecular weight excluding hydrogens is 310 g/mol. The standard InChI is InChI=1S/C16H23N5OS/c1-5-13(6-2)17-15(22)10-23-16-18-19-20-21(16)14-8-7-11(3)12(4)9-14/h7-9,13H,5-6,10H2,1-4H3,(H,17,22). The van der Waals surface area contributed by atoms with Gasteiger partial charge >= 0.3 is 0 Å². The summed E-state index contributed by atoms with van der Waals surface area (Å²) < 4.78 is 1.67. The molecule has 0 fully saturated rings. The molecule has 0 bridgehead atoms. The number of carbonyl (C=O) groups excluding carboxylic acids is 1. The molecule has 124 valence electrons. The Kier molecular flexibility index (Phi) is 6.15. The van der Waals surface area contributed by atoms with Crippen LogP contribution in [-0.2, 0) is 4.79 Å². The van der Waals surface area contributed by atoms with Crippen molar-refractivity contribution in [1.82, 2.24) is 25.5 Å². The zero-order valence-corrected chi connectivity index (χ0v) is 14.9. The van der Waals surface area contributed by atoms with Crippen molar-refractivity contribution < 1.29 is 4.79 Å². The van der Waals surface area contributed by atoms with Gasteiger partial charge in [0.15, 0.2) is 0 Å². The van der Waals surface area contributed by atoms with E-state index in [0.717, 1.165) is 18.5 Å². The zero-order chi connectivity index (χ0) is 16.8. The van der Waals surface area contributed by atoms with Crippen molar-refractivity contribution >= 4 is 17.7 Å². The van der Waals surface area contributed by atoms with Gasteiger partial charge in [-0.25, -0.2) is 0 Å². The number of tetrazole rings is 1. The van der Waals surface area contributed by atoms with Crippen LogP contribution in [0.15, 0.2) is 23.4 Å². The molecule has 0 radical (unpaired) electrons. The molecule has 1 aromatic heterocycles. The van der Waals surface area contributed by atoms with Crippen molar-refractivity contribution in [2.24, 2.45) is 0 Å². The molecule has 1 N–H and O–H groups in total. The zero-order valence-electron chi connectivity index (χ0n) is 14.0. The molecule has 1 amide bonds. The Hall–Kier alpha value is -1.89. The number of hydrogen-bond donors (Lipinski definition) is 1. The summed E-state index contributed by atoms with van der Waals surface area (Å²) in [6.07, 6.45) is 1.88. The topological polar surface area (TPSA) is 72.7 Å². The predicted molar refractivity (Wildman–Crippen MR) is 91.9 cm³/mol. The van der Waals surface area contributed by atoms with E-state index in [4.69, 9.17) is 0 Å². The number of benzene rings is 1. The minimum absolute atomic E-state index is 0.0123. The Morgan fingerprint density at radius 2 is 2.00 bits per heavy atom. The fourth-order valence-electron chi connectivity index (χ4n) is 2.18. The van der Waals surface area contributed by atoms with E-state index in [0.29, 0.717) is 10.9 Å². The third-order valence-corrected chi connectivity index (χ3v) is 4.78. The second-order valence-electron chi connectivity index (χ2n) is 5.51. The van der Waals surface area contributed by atoms with Crippen LogP contribution in [0.5, 0.6) is 0 Å². The maximum Gasteiger partial charge on any atom is 0.230 e.